The molecule has 0 amide bonds. The molecular formula is C8H6F3NO3. The molecule has 0 spiro atoms. The molecule has 0 N–H and O–H groups in total. The maximum atomic E-state index is 12.7. The summed E-state index contributed by atoms with van der Waals surface area (Å²) in [5.74, 6) is -2.52. The number of hydrogen-bond acceptors (Lipinski definition) is 4. The molecule has 0 aliphatic carbocycles. The number of halogens is 3. The van der Waals surface area contributed by atoms with Crippen molar-refractivity contribution < 1.29 is 27.4 Å². The molecule has 0 atom stereocenters. The summed E-state index contributed by atoms with van der Waals surface area (Å²) in [7, 11) is 1.03. The van der Waals surface area contributed by atoms with Crippen LogP contribution < -0.4 is 4.74 Å². The molecule has 1 rings (SSSR count). The first-order chi connectivity index (χ1) is 7.04. The van der Waals surface area contributed by atoms with E-state index in [4.69, 9.17) is 0 Å². The van der Waals surface area contributed by atoms with Crippen LogP contribution in [0, 0.1) is 5.82 Å². The SMILES string of the molecule is COC(=O)c1cc(F)cnc1OC(F)F. The number of pyridine rings is 1. The van der Waals surface area contributed by atoms with Crippen LogP contribution in [-0.2, 0) is 4.74 Å². The van der Waals surface area contributed by atoms with Gasteiger partial charge in [0.15, 0.2) is 0 Å². The smallest absolute Gasteiger partial charge is 0.388 e. The van der Waals surface area contributed by atoms with Crippen LogP contribution in [0.15, 0.2) is 12.3 Å². The number of aromatic nitrogens is 1. The van der Waals surface area contributed by atoms with Gasteiger partial charge in [-0.15, -0.1) is 0 Å². The zero-order valence-corrected chi connectivity index (χ0v) is 7.54. The number of alkyl halides is 2. The second kappa shape index (κ2) is 4.63. The lowest BCUT2D eigenvalue weighted by Crippen LogP contribution is -2.11. The van der Waals surface area contributed by atoms with Crippen LogP contribution in [0.5, 0.6) is 5.88 Å². The first kappa shape index (κ1) is 11.3. The monoisotopic (exact) mass is 221 g/mol. The van der Waals surface area contributed by atoms with Gasteiger partial charge in [0.1, 0.15) is 11.4 Å². The van der Waals surface area contributed by atoms with Crippen molar-refractivity contribution in [2.24, 2.45) is 0 Å². The van der Waals surface area contributed by atoms with E-state index < -0.39 is 29.8 Å². The van der Waals surface area contributed by atoms with E-state index in [2.05, 4.69) is 14.5 Å². The molecule has 0 saturated carbocycles. The highest BCUT2D eigenvalue weighted by Crippen LogP contribution is 2.19. The Balaban J connectivity index is 3.08. The largest absolute Gasteiger partial charge is 0.465 e. The molecule has 1 aromatic rings. The molecule has 0 bridgehead atoms. The molecule has 82 valence electrons. The Morgan fingerprint density at radius 2 is 2.20 bits per heavy atom. The Morgan fingerprint density at radius 3 is 2.73 bits per heavy atom. The van der Waals surface area contributed by atoms with Crippen LogP contribution in [0.4, 0.5) is 13.2 Å². The van der Waals surface area contributed by atoms with E-state index in [0.717, 1.165) is 7.11 Å². The number of hydrogen-bond donors (Lipinski definition) is 0. The number of carbonyl (C=O) groups excluding carboxylic acids is 1. The van der Waals surface area contributed by atoms with Gasteiger partial charge in [0.05, 0.1) is 13.3 Å². The summed E-state index contributed by atoms with van der Waals surface area (Å²) in [4.78, 5) is 14.2. The lowest BCUT2D eigenvalue weighted by molar-refractivity contribution is -0.0535. The first-order valence-corrected chi connectivity index (χ1v) is 3.73. The van der Waals surface area contributed by atoms with Crippen LogP contribution in [0.25, 0.3) is 0 Å². The molecule has 0 fully saturated rings. The van der Waals surface area contributed by atoms with Crippen LogP contribution in [-0.4, -0.2) is 24.7 Å². The Hall–Kier alpha value is -1.79. The summed E-state index contributed by atoms with van der Waals surface area (Å²) in [6.45, 7) is -3.15. The molecule has 4 nitrogen and oxygen atoms in total. The van der Waals surface area contributed by atoms with Crippen molar-refractivity contribution in [2.45, 2.75) is 6.61 Å². The van der Waals surface area contributed by atoms with Crippen LogP contribution >= 0.6 is 0 Å². The minimum Gasteiger partial charge on any atom is -0.465 e. The summed E-state index contributed by atoms with van der Waals surface area (Å²) >= 11 is 0. The molecular weight excluding hydrogens is 215 g/mol. The minimum absolute atomic E-state index is 0.488. The molecule has 0 aromatic carbocycles. The number of nitrogens with zero attached hydrogens (tertiary/aromatic N) is 1. The summed E-state index contributed by atoms with van der Waals surface area (Å²) < 4.78 is 44.5. The van der Waals surface area contributed by atoms with Gasteiger partial charge < -0.3 is 9.47 Å². The average molecular weight is 221 g/mol. The van der Waals surface area contributed by atoms with Gasteiger partial charge in [-0.25, -0.2) is 14.2 Å². The molecule has 0 saturated heterocycles. The number of rotatable bonds is 3. The van der Waals surface area contributed by atoms with Gasteiger partial charge in [-0.3, -0.25) is 0 Å². The lowest BCUT2D eigenvalue weighted by Gasteiger charge is -2.07. The van der Waals surface area contributed by atoms with E-state index in [1.165, 1.54) is 0 Å². The maximum absolute atomic E-state index is 12.7. The van der Waals surface area contributed by atoms with Crippen molar-refractivity contribution in [3.8, 4) is 5.88 Å². The van der Waals surface area contributed by atoms with Gasteiger partial charge in [-0.1, -0.05) is 0 Å². The lowest BCUT2D eigenvalue weighted by atomic mass is 10.2. The van der Waals surface area contributed by atoms with Crippen LogP contribution in [0.3, 0.4) is 0 Å². The van der Waals surface area contributed by atoms with Gasteiger partial charge in [0, 0.05) is 0 Å². The Morgan fingerprint density at radius 1 is 1.53 bits per heavy atom. The molecule has 7 heteroatoms. The Bertz CT molecular complexity index is 370. The van der Waals surface area contributed by atoms with Gasteiger partial charge in [-0.05, 0) is 6.07 Å². The van der Waals surface area contributed by atoms with E-state index in [1.807, 2.05) is 0 Å². The summed E-state index contributed by atoms with van der Waals surface area (Å²) in [5.41, 5.74) is -0.488. The highest BCUT2D eigenvalue weighted by atomic mass is 19.3. The summed E-state index contributed by atoms with van der Waals surface area (Å²) in [6, 6.07) is 0.705. The van der Waals surface area contributed by atoms with E-state index in [-0.39, 0.29) is 0 Å². The quantitative estimate of drug-likeness (QED) is 0.727. The first-order valence-electron chi connectivity index (χ1n) is 3.73. The van der Waals surface area contributed by atoms with Crippen LogP contribution in [0.1, 0.15) is 10.4 Å². The molecule has 1 aromatic heterocycles. The zero-order valence-electron chi connectivity index (χ0n) is 7.54. The normalized spacial score (nSPS) is 10.2. The highest BCUT2D eigenvalue weighted by Gasteiger charge is 2.18. The third-order valence-corrected chi connectivity index (χ3v) is 1.42. The molecule has 0 aliphatic rings. The molecule has 1 heterocycles. The zero-order chi connectivity index (χ0) is 11.4. The molecule has 0 unspecified atom stereocenters. The Labute approximate surface area is 82.6 Å². The van der Waals surface area contributed by atoms with Crippen molar-refractivity contribution in [3.05, 3.63) is 23.6 Å². The van der Waals surface area contributed by atoms with E-state index >= 15 is 0 Å². The minimum atomic E-state index is -3.15. The van der Waals surface area contributed by atoms with Crippen molar-refractivity contribution in [1.82, 2.24) is 4.98 Å². The second-order valence-corrected chi connectivity index (χ2v) is 2.38. The van der Waals surface area contributed by atoms with E-state index in [0.29, 0.717) is 12.3 Å². The van der Waals surface area contributed by atoms with E-state index in [9.17, 15) is 18.0 Å². The number of esters is 1. The van der Waals surface area contributed by atoms with E-state index in [1.54, 1.807) is 0 Å². The number of ether oxygens (including phenoxy) is 2. The fourth-order valence-corrected chi connectivity index (χ4v) is 0.861. The van der Waals surface area contributed by atoms with Gasteiger partial charge in [0.2, 0.25) is 5.88 Å². The van der Waals surface area contributed by atoms with Crippen molar-refractivity contribution in [2.75, 3.05) is 7.11 Å². The third kappa shape index (κ3) is 2.83. The Kier molecular flexibility index (Phi) is 3.48. The highest BCUT2D eigenvalue weighted by molar-refractivity contribution is 5.91. The fraction of sp³-hybridized carbons (Fsp3) is 0.250. The third-order valence-electron chi connectivity index (χ3n) is 1.42. The second-order valence-electron chi connectivity index (χ2n) is 2.38. The molecule has 0 aliphatic heterocycles. The van der Waals surface area contributed by atoms with Gasteiger partial charge in [-0.2, -0.15) is 8.78 Å². The van der Waals surface area contributed by atoms with Gasteiger partial charge in [0.25, 0.3) is 0 Å². The summed E-state index contributed by atoms with van der Waals surface area (Å²) in [5, 5.41) is 0. The molecule has 0 radical (unpaired) electrons. The average Bonchev–Trinajstić information content (AvgIpc) is 2.19. The standard InChI is InChI=1S/C8H6F3NO3/c1-14-7(13)5-2-4(9)3-12-6(5)15-8(10)11/h2-3,8H,1H3. The number of methoxy groups -OCH3 is 1. The van der Waals surface area contributed by atoms with Crippen molar-refractivity contribution in [1.29, 1.82) is 0 Å². The van der Waals surface area contributed by atoms with Crippen molar-refractivity contribution in [3.63, 3.8) is 0 Å². The summed E-state index contributed by atoms with van der Waals surface area (Å²) in [6.07, 6.45) is 0.657. The predicted molar refractivity (Wildman–Crippen MR) is 42.2 cm³/mol. The van der Waals surface area contributed by atoms with Gasteiger partial charge >= 0.3 is 12.6 Å². The predicted octanol–water partition coefficient (Wildman–Crippen LogP) is 1.61. The number of carbonyl (C=O) groups is 1. The topological polar surface area (TPSA) is 48.4 Å². The molecule has 15 heavy (non-hydrogen) atoms. The maximum Gasteiger partial charge on any atom is 0.388 e. The van der Waals surface area contributed by atoms with Crippen molar-refractivity contribution >= 4 is 5.97 Å². The fourth-order valence-electron chi connectivity index (χ4n) is 0.861. The van der Waals surface area contributed by atoms with Crippen LogP contribution in [0.2, 0.25) is 0 Å².